The van der Waals surface area contributed by atoms with E-state index in [9.17, 15) is 9.59 Å². The van der Waals surface area contributed by atoms with E-state index in [2.05, 4.69) is 53.5 Å². The number of ketones is 1. The Labute approximate surface area is 186 Å². The molecule has 164 valence electrons. The molecule has 0 atom stereocenters. The van der Waals surface area contributed by atoms with E-state index in [-0.39, 0.29) is 30.6 Å². The predicted molar refractivity (Wildman–Crippen MR) is 124 cm³/mol. The third kappa shape index (κ3) is 6.04. The van der Waals surface area contributed by atoms with Crippen LogP contribution in [0.4, 0.5) is 0 Å². The molecule has 1 aliphatic carbocycles. The molecule has 4 nitrogen and oxygen atoms in total. The summed E-state index contributed by atoms with van der Waals surface area (Å²) < 4.78 is 0. The number of carbonyl (C=O) groups excluding carboxylic acids is 2. The molecule has 1 N–H and O–H groups in total. The fourth-order valence-electron chi connectivity index (χ4n) is 4.88. The van der Waals surface area contributed by atoms with Gasteiger partial charge >= 0.3 is 0 Å². The summed E-state index contributed by atoms with van der Waals surface area (Å²) in [6.07, 6.45) is 7.14. The molecular formula is C27H34N2O2. The van der Waals surface area contributed by atoms with Gasteiger partial charge in [-0.1, -0.05) is 42.0 Å². The molecule has 0 aromatic heterocycles. The van der Waals surface area contributed by atoms with E-state index >= 15 is 0 Å². The van der Waals surface area contributed by atoms with Crippen LogP contribution in [0.5, 0.6) is 0 Å². The summed E-state index contributed by atoms with van der Waals surface area (Å²) in [4.78, 5) is 27.4. The van der Waals surface area contributed by atoms with E-state index < -0.39 is 0 Å². The van der Waals surface area contributed by atoms with Gasteiger partial charge in [0, 0.05) is 44.1 Å². The van der Waals surface area contributed by atoms with Crippen LogP contribution in [-0.2, 0) is 24.2 Å². The number of hydrogen-bond donors (Lipinski definition) is 1. The lowest BCUT2D eigenvalue weighted by Crippen LogP contribution is -2.44. The van der Waals surface area contributed by atoms with Crippen molar-refractivity contribution in [1.82, 2.24) is 10.2 Å². The monoisotopic (exact) mass is 418 g/mol. The third-order valence-corrected chi connectivity index (χ3v) is 6.69. The van der Waals surface area contributed by atoms with E-state index in [1.165, 1.54) is 35.1 Å². The summed E-state index contributed by atoms with van der Waals surface area (Å²) in [5.74, 6) is 0.0833. The highest BCUT2D eigenvalue weighted by molar-refractivity contribution is 5.98. The second-order valence-corrected chi connectivity index (χ2v) is 9.22. The van der Waals surface area contributed by atoms with Crippen LogP contribution in [0.15, 0.2) is 42.5 Å². The molecule has 4 heteroatoms. The Morgan fingerprint density at radius 3 is 2.52 bits per heavy atom. The van der Waals surface area contributed by atoms with E-state index in [0.717, 1.165) is 50.9 Å². The number of benzene rings is 2. The van der Waals surface area contributed by atoms with Gasteiger partial charge in [0.15, 0.2) is 5.78 Å². The smallest absolute Gasteiger partial charge is 0.220 e. The summed E-state index contributed by atoms with van der Waals surface area (Å²) in [7, 11) is 0. The van der Waals surface area contributed by atoms with Crippen molar-refractivity contribution in [3.8, 4) is 0 Å². The Bertz CT molecular complexity index is 929. The minimum atomic E-state index is 0.00319. The second-order valence-electron chi connectivity index (χ2n) is 9.22. The fraction of sp³-hybridized carbons (Fsp3) is 0.481. The van der Waals surface area contributed by atoms with Crippen molar-refractivity contribution in [2.75, 3.05) is 13.1 Å². The number of aryl methyl sites for hydroxylation is 3. The third-order valence-electron chi connectivity index (χ3n) is 6.69. The molecule has 1 amide bonds. The van der Waals surface area contributed by atoms with Crippen LogP contribution >= 0.6 is 0 Å². The Morgan fingerprint density at radius 1 is 0.968 bits per heavy atom. The summed E-state index contributed by atoms with van der Waals surface area (Å²) in [6, 6.07) is 15.0. The maximum atomic E-state index is 12.6. The highest BCUT2D eigenvalue weighted by Crippen LogP contribution is 2.23. The zero-order valence-corrected chi connectivity index (χ0v) is 18.7. The van der Waals surface area contributed by atoms with E-state index in [1.807, 2.05) is 6.07 Å². The minimum absolute atomic E-state index is 0.00319. The molecular weight excluding hydrogens is 384 g/mol. The molecule has 2 aliphatic rings. The largest absolute Gasteiger partial charge is 0.353 e. The molecule has 31 heavy (non-hydrogen) atoms. The molecule has 1 aliphatic heterocycles. The van der Waals surface area contributed by atoms with Crippen molar-refractivity contribution in [2.24, 2.45) is 0 Å². The first-order valence-corrected chi connectivity index (χ1v) is 11.8. The number of carbonyl (C=O) groups is 2. The number of amides is 1. The van der Waals surface area contributed by atoms with Crippen LogP contribution in [0.25, 0.3) is 0 Å². The molecule has 1 fully saturated rings. The van der Waals surface area contributed by atoms with Crippen LogP contribution in [-0.4, -0.2) is 35.7 Å². The fourth-order valence-corrected chi connectivity index (χ4v) is 4.88. The average Bonchev–Trinajstić information content (AvgIpc) is 2.78. The first-order chi connectivity index (χ1) is 15.1. The quantitative estimate of drug-likeness (QED) is 0.668. The molecule has 2 aromatic rings. The highest BCUT2D eigenvalue weighted by Gasteiger charge is 2.21. The van der Waals surface area contributed by atoms with Gasteiger partial charge < -0.3 is 5.32 Å². The Hall–Kier alpha value is -2.46. The number of fused-ring (bicyclic) bond motifs is 1. The normalized spacial score (nSPS) is 17.2. The Morgan fingerprint density at radius 2 is 1.74 bits per heavy atom. The number of hydrogen-bond acceptors (Lipinski definition) is 3. The summed E-state index contributed by atoms with van der Waals surface area (Å²) in [6.45, 7) is 5.08. The standard InChI is InChI=1S/C27H34N2O2/c1-20-5-4-6-21(17-20)19-29-15-13-25(14-16-29)28-27(31)12-11-26(30)24-10-9-22-7-2-3-8-23(22)18-24/h4-6,9-10,17-18,25H,2-3,7-8,11-16,19H2,1H3,(H,28,31). The molecule has 0 bridgehead atoms. The summed E-state index contributed by atoms with van der Waals surface area (Å²) in [5, 5.41) is 3.15. The van der Waals surface area contributed by atoms with Crippen molar-refractivity contribution in [3.63, 3.8) is 0 Å². The van der Waals surface area contributed by atoms with Gasteiger partial charge in [-0.2, -0.15) is 0 Å². The van der Waals surface area contributed by atoms with E-state index in [4.69, 9.17) is 0 Å². The van der Waals surface area contributed by atoms with Gasteiger partial charge in [-0.15, -0.1) is 0 Å². The maximum Gasteiger partial charge on any atom is 0.220 e. The van der Waals surface area contributed by atoms with E-state index in [1.54, 1.807) is 0 Å². The molecule has 2 aromatic carbocycles. The summed E-state index contributed by atoms with van der Waals surface area (Å²) in [5.41, 5.74) is 6.11. The molecule has 4 rings (SSSR count). The first-order valence-electron chi connectivity index (χ1n) is 11.8. The van der Waals surface area contributed by atoms with Crippen molar-refractivity contribution in [1.29, 1.82) is 0 Å². The van der Waals surface area contributed by atoms with Crippen molar-refractivity contribution < 1.29 is 9.59 Å². The number of likely N-dealkylation sites (tertiary alicyclic amines) is 1. The topological polar surface area (TPSA) is 49.4 Å². The molecule has 0 radical (unpaired) electrons. The number of Topliss-reactive ketones (excluding diaryl/α,β-unsaturated/α-hetero) is 1. The Kier molecular flexibility index (Phi) is 7.18. The molecule has 0 spiro atoms. The average molecular weight is 419 g/mol. The highest BCUT2D eigenvalue weighted by atomic mass is 16.2. The van der Waals surface area contributed by atoms with E-state index in [0.29, 0.717) is 0 Å². The van der Waals surface area contributed by atoms with Crippen LogP contribution in [0.3, 0.4) is 0 Å². The van der Waals surface area contributed by atoms with Gasteiger partial charge in [-0.05, 0) is 68.2 Å². The Balaban J connectivity index is 1.19. The molecule has 0 unspecified atom stereocenters. The zero-order valence-electron chi connectivity index (χ0n) is 18.7. The van der Waals surface area contributed by atoms with Crippen LogP contribution in [0.2, 0.25) is 0 Å². The second kappa shape index (κ2) is 10.2. The summed E-state index contributed by atoms with van der Waals surface area (Å²) >= 11 is 0. The lowest BCUT2D eigenvalue weighted by atomic mass is 9.89. The molecule has 0 saturated carbocycles. The predicted octanol–water partition coefficient (Wildman–Crippen LogP) is 4.62. The number of nitrogens with zero attached hydrogens (tertiary/aromatic N) is 1. The van der Waals surface area contributed by atoms with Crippen LogP contribution in [0.1, 0.15) is 71.1 Å². The van der Waals surface area contributed by atoms with Gasteiger partial charge in [0.25, 0.3) is 0 Å². The maximum absolute atomic E-state index is 12.6. The van der Waals surface area contributed by atoms with Gasteiger partial charge in [0.1, 0.15) is 0 Å². The van der Waals surface area contributed by atoms with Crippen LogP contribution in [0, 0.1) is 6.92 Å². The zero-order chi connectivity index (χ0) is 21.6. The lowest BCUT2D eigenvalue weighted by molar-refractivity contribution is -0.122. The number of nitrogens with one attached hydrogen (secondary N) is 1. The lowest BCUT2D eigenvalue weighted by Gasteiger charge is -2.32. The molecule has 1 saturated heterocycles. The number of rotatable bonds is 7. The van der Waals surface area contributed by atoms with Crippen molar-refractivity contribution in [3.05, 3.63) is 70.3 Å². The molecule has 1 heterocycles. The van der Waals surface area contributed by atoms with Crippen molar-refractivity contribution in [2.45, 2.75) is 70.9 Å². The van der Waals surface area contributed by atoms with Gasteiger partial charge in [0.05, 0.1) is 0 Å². The van der Waals surface area contributed by atoms with Gasteiger partial charge in [0.2, 0.25) is 5.91 Å². The first kappa shape index (κ1) is 21.8. The van der Waals surface area contributed by atoms with Crippen molar-refractivity contribution >= 4 is 11.7 Å². The minimum Gasteiger partial charge on any atom is -0.353 e. The van der Waals surface area contributed by atoms with Crippen LogP contribution < -0.4 is 5.32 Å². The SMILES string of the molecule is Cc1cccc(CN2CCC(NC(=O)CCC(=O)c3ccc4c(c3)CCCC4)CC2)c1. The van der Waals surface area contributed by atoms with Gasteiger partial charge in [-0.25, -0.2) is 0 Å². The van der Waals surface area contributed by atoms with Gasteiger partial charge in [-0.3, -0.25) is 14.5 Å². The number of piperidine rings is 1.